The van der Waals surface area contributed by atoms with E-state index in [2.05, 4.69) is 15.5 Å². The van der Waals surface area contributed by atoms with Crippen LogP contribution in [0.4, 0.5) is 24.7 Å². The Kier molecular flexibility index (Phi) is 5.63. The number of para-hydroxylation sites is 1. The van der Waals surface area contributed by atoms with Crippen molar-refractivity contribution in [3.8, 4) is 11.1 Å². The molecule has 1 N–H and O–H groups in total. The topological polar surface area (TPSA) is 40.5 Å². The first kappa shape index (κ1) is 19.4. The van der Waals surface area contributed by atoms with Gasteiger partial charge in [0.1, 0.15) is 5.82 Å². The van der Waals surface area contributed by atoms with Crippen LogP contribution in [-0.2, 0) is 6.18 Å². The van der Waals surface area contributed by atoms with Crippen molar-refractivity contribution < 1.29 is 13.2 Å². The molecule has 144 valence electrons. The van der Waals surface area contributed by atoms with Crippen molar-refractivity contribution in [3.63, 3.8) is 0 Å². The molecule has 3 rings (SSSR count). The van der Waals surface area contributed by atoms with Crippen LogP contribution < -0.4 is 10.3 Å². The van der Waals surface area contributed by atoms with Crippen molar-refractivity contribution in [1.82, 2.24) is 4.98 Å². The Morgan fingerprint density at radius 2 is 1.68 bits per heavy atom. The summed E-state index contributed by atoms with van der Waals surface area (Å²) < 4.78 is 39.2. The lowest BCUT2D eigenvalue weighted by Gasteiger charge is -2.18. The lowest BCUT2D eigenvalue weighted by molar-refractivity contribution is -0.137. The number of aromatic nitrogens is 1. The fraction of sp³-hybridized carbons (Fsp3) is 0.143. The SMILES string of the molecule is CN(C)c1ncc(C(F)(F)F)cc1-c1ccc(C=NNc2ccccc2)cc1. The molecule has 0 aliphatic carbocycles. The Morgan fingerprint density at radius 1 is 1.00 bits per heavy atom. The highest BCUT2D eigenvalue weighted by molar-refractivity contribution is 5.83. The van der Waals surface area contributed by atoms with Crippen molar-refractivity contribution in [2.75, 3.05) is 24.4 Å². The summed E-state index contributed by atoms with van der Waals surface area (Å²) in [5.74, 6) is 0.472. The largest absolute Gasteiger partial charge is 0.417 e. The van der Waals surface area contributed by atoms with Crippen LogP contribution in [0.5, 0.6) is 0 Å². The minimum Gasteiger partial charge on any atom is -0.362 e. The van der Waals surface area contributed by atoms with Gasteiger partial charge in [0.25, 0.3) is 0 Å². The lowest BCUT2D eigenvalue weighted by Crippen LogP contribution is -2.14. The van der Waals surface area contributed by atoms with E-state index in [0.29, 0.717) is 16.9 Å². The maximum absolute atomic E-state index is 13.1. The number of hydrogen-bond acceptors (Lipinski definition) is 4. The van der Waals surface area contributed by atoms with Crippen LogP contribution in [0.25, 0.3) is 11.1 Å². The van der Waals surface area contributed by atoms with Gasteiger partial charge in [0.2, 0.25) is 0 Å². The molecule has 3 aromatic rings. The summed E-state index contributed by atoms with van der Waals surface area (Å²) >= 11 is 0. The molecule has 0 saturated carbocycles. The van der Waals surface area contributed by atoms with Gasteiger partial charge in [0.05, 0.1) is 17.5 Å². The van der Waals surface area contributed by atoms with Gasteiger partial charge in [-0.2, -0.15) is 18.3 Å². The highest BCUT2D eigenvalue weighted by atomic mass is 19.4. The zero-order chi connectivity index (χ0) is 20.1. The Labute approximate surface area is 161 Å². The monoisotopic (exact) mass is 384 g/mol. The summed E-state index contributed by atoms with van der Waals surface area (Å²) in [6, 6.07) is 17.7. The number of benzene rings is 2. The molecule has 0 aliphatic rings. The number of halogens is 3. The van der Waals surface area contributed by atoms with Gasteiger partial charge in [-0.25, -0.2) is 4.98 Å². The average molecular weight is 384 g/mol. The number of anilines is 2. The first-order valence-electron chi connectivity index (χ1n) is 8.54. The zero-order valence-corrected chi connectivity index (χ0v) is 15.4. The molecule has 0 spiro atoms. The second-order valence-electron chi connectivity index (χ2n) is 6.35. The smallest absolute Gasteiger partial charge is 0.362 e. The van der Waals surface area contributed by atoms with E-state index in [1.54, 1.807) is 49.5 Å². The summed E-state index contributed by atoms with van der Waals surface area (Å²) in [7, 11) is 3.49. The molecule has 28 heavy (non-hydrogen) atoms. The number of alkyl halides is 3. The number of rotatable bonds is 5. The molecular weight excluding hydrogens is 365 g/mol. The van der Waals surface area contributed by atoms with Crippen molar-refractivity contribution in [2.45, 2.75) is 6.18 Å². The summed E-state index contributed by atoms with van der Waals surface area (Å²) in [5, 5.41) is 4.16. The van der Waals surface area contributed by atoms with E-state index in [1.165, 1.54) is 0 Å². The van der Waals surface area contributed by atoms with Gasteiger partial charge >= 0.3 is 6.18 Å². The summed E-state index contributed by atoms with van der Waals surface area (Å²) in [6.45, 7) is 0. The van der Waals surface area contributed by atoms with E-state index in [4.69, 9.17) is 0 Å². The molecule has 0 aliphatic heterocycles. The third-order valence-electron chi connectivity index (χ3n) is 4.02. The molecule has 2 aromatic carbocycles. The third kappa shape index (κ3) is 4.68. The van der Waals surface area contributed by atoms with Gasteiger partial charge in [-0.15, -0.1) is 0 Å². The number of hydrogen-bond donors (Lipinski definition) is 1. The molecule has 4 nitrogen and oxygen atoms in total. The minimum atomic E-state index is -4.44. The Morgan fingerprint density at radius 3 is 2.29 bits per heavy atom. The van der Waals surface area contributed by atoms with Crippen LogP contribution in [0.3, 0.4) is 0 Å². The fourth-order valence-corrected chi connectivity index (χ4v) is 2.62. The summed E-state index contributed by atoms with van der Waals surface area (Å²) in [4.78, 5) is 5.69. The maximum Gasteiger partial charge on any atom is 0.417 e. The van der Waals surface area contributed by atoms with Crippen LogP contribution >= 0.6 is 0 Å². The highest BCUT2D eigenvalue weighted by Gasteiger charge is 2.32. The predicted molar refractivity (Wildman–Crippen MR) is 107 cm³/mol. The molecule has 0 radical (unpaired) electrons. The van der Waals surface area contributed by atoms with Crippen LogP contribution in [0.1, 0.15) is 11.1 Å². The minimum absolute atomic E-state index is 0.422. The molecular formula is C21H19F3N4. The van der Waals surface area contributed by atoms with E-state index < -0.39 is 11.7 Å². The van der Waals surface area contributed by atoms with Crippen LogP contribution in [0, 0.1) is 0 Å². The van der Waals surface area contributed by atoms with E-state index in [9.17, 15) is 13.2 Å². The molecule has 7 heteroatoms. The fourth-order valence-electron chi connectivity index (χ4n) is 2.62. The van der Waals surface area contributed by atoms with Crippen LogP contribution in [0.2, 0.25) is 0 Å². The van der Waals surface area contributed by atoms with Gasteiger partial charge in [-0.05, 0) is 29.3 Å². The normalized spacial score (nSPS) is 11.6. The number of nitrogens with one attached hydrogen (secondary N) is 1. The lowest BCUT2D eigenvalue weighted by atomic mass is 10.0. The molecule has 0 amide bonds. The van der Waals surface area contributed by atoms with E-state index in [-0.39, 0.29) is 0 Å². The third-order valence-corrected chi connectivity index (χ3v) is 4.02. The van der Waals surface area contributed by atoms with Crippen molar-refractivity contribution in [2.24, 2.45) is 5.10 Å². The first-order valence-corrected chi connectivity index (χ1v) is 8.54. The van der Waals surface area contributed by atoms with Crippen LogP contribution in [-0.4, -0.2) is 25.3 Å². The van der Waals surface area contributed by atoms with E-state index >= 15 is 0 Å². The molecule has 0 atom stereocenters. The molecule has 1 aromatic heterocycles. The first-order chi connectivity index (χ1) is 13.3. The van der Waals surface area contributed by atoms with E-state index in [1.807, 2.05) is 30.3 Å². The molecule has 0 fully saturated rings. The maximum atomic E-state index is 13.1. The molecule has 0 bridgehead atoms. The van der Waals surface area contributed by atoms with Crippen molar-refractivity contribution in [1.29, 1.82) is 0 Å². The molecule has 0 unspecified atom stereocenters. The number of hydrazone groups is 1. The molecule has 1 heterocycles. The zero-order valence-electron chi connectivity index (χ0n) is 15.4. The Balaban J connectivity index is 1.84. The van der Waals surface area contributed by atoms with Gasteiger partial charge in [-0.3, -0.25) is 5.43 Å². The van der Waals surface area contributed by atoms with Crippen LogP contribution in [0.15, 0.2) is 72.0 Å². The van der Waals surface area contributed by atoms with Gasteiger partial charge in [-0.1, -0.05) is 42.5 Å². The summed E-state index contributed by atoms with van der Waals surface area (Å²) in [5.41, 5.74) is 4.89. The standard InChI is InChI=1S/C21H19F3N4/c1-28(2)20-19(12-17(14-25-20)21(22,23)24)16-10-8-15(9-11-16)13-26-27-18-6-4-3-5-7-18/h3-14,27H,1-2H3. The summed E-state index contributed by atoms with van der Waals surface area (Å²) in [6.07, 6.45) is -1.94. The van der Waals surface area contributed by atoms with E-state index in [0.717, 1.165) is 23.5 Å². The Hall–Kier alpha value is -3.35. The van der Waals surface area contributed by atoms with Gasteiger partial charge < -0.3 is 4.90 Å². The Bertz CT molecular complexity index is 950. The number of pyridine rings is 1. The average Bonchev–Trinajstić information content (AvgIpc) is 2.68. The second-order valence-corrected chi connectivity index (χ2v) is 6.35. The second kappa shape index (κ2) is 8.12. The van der Waals surface area contributed by atoms with Crippen molar-refractivity contribution in [3.05, 3.63) is 78.0 Å². The molecule has 0 saturated heterocycles. The van der Waals surface area contributed by atoms with Crippen molar-refractivity contribution >= 4 is 17.7 Å². The number of nitrogens with zero attached hydrogens (tertiary/aromatic N) is 3. The predicted octanol–water partition coefficient (Wildman–Crippen LogP) is 5.28. The van der Waals surface area contributed by atoms with Gasteiger partial charge in [0, 0.05) is 25.9 Å². The quantitative estimate of drug-likeness (QED) is 0.481. The highest BCUT2D eigenvalue weighted by Crippen LogP contribution is 2.35. The van der Waals surface area contributed by atoms with Gasteiger partial charge in [0.15, 0.2) is 0 Å².